The van der Waals surface area contributed by atoms with E-state index >= 15 is 0 Å². The fourth-order valence-electron chi connectivity index (χ4n) is 4.25. The van der Waals surface area contributed by atoms with Crippen LogP contribution < -0.4 is 20.9 Å². The van der Waals surface area contributed by atoms with Crippen molar-refractivity contribution in [3.05, 3.63) is 99.2 Å². The normalized spacial score (nSPS) is 13.8. The smallest absolute Gasteiger partial charge is 0.264 e. The number of hydrogen-bond acceptors (Lipinski definition) is 7. The van der Waals surface area contributed by atoms with Crippen LogP contribution in [0.2, 0.25) is 0 Å². The number of benzene rings is 3. The maximum Gasteiger partial charge on any atom is 0.264 e. The molecule has 5 rings (SSSR count). The molecule has 0 aliphatic carbocycles. The van der Waals surface area contributed by atoms with E-state index in [0.29, 0.717) is 5.56 Å². The number of amides is 1. The van der Waals surface area contributed by atoms with E-state index in [1.807, 2.05) is 0 Å². The van der Waals surface area contributed by atoms with Crippen LogP contribution in [-0.4, -0.2) is 37.7 Å². The maximum atomic E-state index is 14.2. The third kappa shape index (κ3) is 4.93. The molecule has 1 aliphatic heterocycles. The summed E-state index contributed by atoms with van der Waals surface area (Å²) in [5, 5.41) is 17.1. The predicted octanol–water partition coefficient (Wildman–Crippen LogP) is 3.36. The minimum Gasteiger partial charge on any atom is -0.506 e. The molecule has 0 unspecified atom stereocenters. The quantitative estimate of drug-likeness (QED) is 0.334. The third-order valence-corrected chi connectivity index (χ3v) is 7.67. The van der Waals surface area contributed by atoms with Gasteiger partial charge in [0.25, 0.3) is 11.5 Å². The highest BCUT2D eigenvalue weighted by Gasteiger charge is 2.29. The largest absolute Gasteiger partial charge is 0.506 e. The highest BCUT2D eigenvalue weighted by molar-refractivity contribution is 7.94. The zero-order chi connectivity index (χ0) is 27.9. The van der Waals surface area contributed by atoms with Gasteiger partial charge in [0.2, 0.25) is 9.84 Å². The van der Waals surface area contributed by atoms with Crippen molar-refractivity contribution >= 4 is 38.0 Å². The van der Waals surface area contributed by atoms with Crippen LogP contribution in [0.5, 0.6) is 11.5 Å². The Morgan fingerprint density at radius 2 is 1.77 bits per heavy atom. The molecule has 0 saturated heterocycles. The van der Waals surface area contributed by atoms with Crippen LogP contribution in [0.4, 0.5) is 14.5 Å². The van der Waals surface area contributed by atoms with Gasteiger partial charge in [0.05, 0.1) is 33.7 Å². The summed E-state index contributed by atoms with van der Waals surface area (Å²) in [5.41, 5.74) is -0.507. The van der Waals surface area contributed by atoms with Crippen LogP contribution in [0.25, 0.3) is 16.6 Å². The van der Waals surface area contributed by atoms with E-state index in [-0.39, 0.29) is 51.6 Å². The van der Waals surface area contributed by atoms with Crippen molar-refractivity contribution in [3.63, 3.8) is 0 Å². The number of aromatic hydroxyl groups is 1. The molecule has 2 heterocycles. The number of anilines is 1. The Kier molecular flexibility index (Phi) is 6.56. The van der Waals surface area contributed by atoms with Gasteiger partial charge in [-0.25, -0.2) is 17.2 Å². The Balaban J connectivity index is 1.63. The first-order valence-electron chi connectivity index (χ1n) is 11.6. The van der Waals surface area contributed by atoms with Crippen LogP contribution in [0.3, 0.4) is 0 Å². The highest BCUT2D eigenvalue weighted by Crippen LogP contribution is 2.38. The molecule has 12 heteroatoms. The predicted molar refractivity (Wildman–Crippen MR) is 140 cm³/mol. The summed E-state index contributed by atoms with van der Waals surface area (Å²) in [6, 6.07) is 13.0. The molecule has 0 fully saturated rings. The zero-order valence-electron chi connectivity index (χ0n) is 20.4. The fraction of sp³-hybridized carbons (Fsp3) is 0.111. The summed E-state index contributed by atoms with van der Waals surface area (Å²) in [6.07, 6.45) is 0. The number of ether oxygens (including phenoxy) is 1. The number of likely N-dealkylation sites (N-methyl/N-ethyl adjacent to an activating group) is 1. The second-order valence-electron chi connectivity index (χ2n) is 8.72. The average molecular weight is 554 g/mol. The molecule has 39 heavy (non-hydrogen) atoms. The second-order valence-corrected chi connectivity index (χ2v) is 10.5. The SMILES string of the molecule is CNC(=O)COc1ccc2c(c1)S(=O)(=O)C=C(c1c(O)c3cc(F)ccc3n(Cc3ccc(F)cc3)c1=O)N2. The van der Waals surface area contributed by atoms with Gasteiger partial charge in [0.15, 0.2) is 6.61 Å². The molecular weight excluding hydrogens is 532 g/mol. The van der Waals surface area contributed by atoms with Gasteiger partial charge in [0.1, 0.15) is 28.7 Å². The van der Waals surface area contributed by atoms with Gasteiger partial charge in [0, 0.05) is 18.5 Å². The number of carbonyl (C=O) groups excluding carboxylic acids is 1. The summed E-state index contributed by atoms with van der Waals surface area (Å²) >= 11 is 0. The summed E-state index contributed by atoms with van der Waals surface area (Å²) in [6.45, 7) is -0.379. The average Bonchev–Trinajstić information content (AvgIpc) is 2.90. The van der Waals surface area contributed by atoms with Crippen LogP contribution in [0, 0.1) is 11.6 Å². The monoisotopic (exact) mass is 553 g/mol. The molecule has 200 valence electrons. The Labute approximate surface area is 220 Å². The van der Waals surface area contributed by atoms with Crippen LogP contribution >= 0.6 is 0 Å². The van der Waals surface area contributed by atoms with E-state index in [1.165, 1.54) is 60.1 Å². The fourth-order valence-corrected chi connectivity index (χ4v) is 5.57. The van der Waals surface area contributed by atoms with Gasteiger partial charge in [-0.3, -0.25) is 9.59 Å². The lowest BCUT2D eigenvalue weighted by molar-refractivity contribution is -0.122. The molecule has 1 amide bonds. The molecule has 3 N–H and O–H groups in total. The zero-order valence-corrected chi connectivity index (χ0v) is 21.2. The number of halogens is 2. The number of hydrogen-bond donors (Lipinski definition) is 3. The molecule has 0 saturated carbocycles. The first kappa shape index (κ1) is 25.9. The van der Waals surface area contributed by atoms with E-state index in [1.54, 1.807) is 0 Å². The van der Waals surface area contributed by atoms with Crippen molar-refractivity contribution in [3.8, 4) is 11.5 Å². The van der Waals surface area contributed by atoms with Crippen molar-refractivity contribution in [1.29, 1.82) is 0 Å². The van der Waals surface area contributed by atoms with Gasteiger partial charge in [-0.2, -0.15) is 0 Å². The number of fused-ring (bicyclic) bond motifs is 2. The molecule has 0 bridgehead atoms. The van der Waals surface area contributed by atoms with Crippen molar-refractivity contribution in [2.24, 2.45) is 0 Å². The van der Waals surface area contributed by atoms with Crippen molar-refractivity contribution in [1.82, 2.24) is 9.88 Å². The van der Waals surface area contributed by atoms with Crippen molar-refractivity contribution < 1.29 is 31.8 Å². The lowest BCUT2D eigenvalue weighted by atomic mass is 10.1. The molecule has 1 aromatic heterocycles. The van der Waals surface area contributed by atoms with Crippen LogP contribution in [0.15, 0.2) is 75.8 Å². The number of aromatic nitrogens is 1. The Morgan fingerprint density at radius 1 is 1.05 bits per heavy atom. The third-order valence-electron chi connectivity index (χ3n) is 6.17. The molecule has 4 aromatic rings. The van der Waals surface area contributed by atoms with Gasteiger partial charge >= 0.3 is 0 Å². The Hall–Kier alpha value is -4.71. The van der Waals surface area contributed by atoms with Crippen LogP contribution in [0.1, 0.15) is 11.1 Å². The number of sulfone groups is 1. The summed E-state index contributed by atoms with van der Waals surface area (Å²) in [7, 11) is -2.72. The number of carbonyl (C=O) groups is 1. The molecule has 0 spiro atoms. The molecule has 1 aliphatic rings. The molecule has 0 atom stereocenters. The van der Waals surface area contributed by atoms with Crippen molar-refractivity contribution in [2.45, 2.75) is 11.4 Å². The molecule has 9 nitrogen and oxygen atoms in total. The van der Waals surface area contributed by atoms with Crippen LogP contribution in [-0.2, 0) is 21.2 Å². The number of pyridine rings is 1. The van der Waals surface area contributed by atoms with Crippen molar-refractivity contribution in [2.75, 3.05) is 19.0 Å². The lowest BCUT2D eigenvalue weighted by Gasteiger charge is -2.22. The Bertz CT molecular complexity index is 1830. The highest BCUT2D eigenvalue weighted by atomic mass is 32.2. The molecule has 3 aromatic carbocycles. The minimum atomic E-state index is -4.16. The lowest BCUT2D eigenvalue weighted by Crippen LogP contribution is -2.27. The van der Waals surface area contributed by atoms with E-state index < -0.39 is 38.7 Å². The number of nitrogens with one attached hydrogen (secondary N) is 2. The summed E-state index contributed by atoms with van der Waals surface area (Å²) in [5.74, 6) is -2.02. The van der Waals surface area contributed by atoms with Gasteiger partial charge in [-0.15, -0.1) is 0 Å². The maximum absolute atomic E-state index is 14.2. The Morgan fingerprint density at radius 3 is 2.49 bits per heavy atom. The second kappa shape index (κ2) is 9.87. The molecular formula is C27H21F2N3O6S. The number of nitrogens with zero attached hydrogens (tertiary/aromatic N) is 1. The van der Waals surface area contributed by atoms with E-state index in [0.717, 1.165) is 17.5 Å². The number of rotatable bonds is 6. The minimum absolute atomic E-state index is 0.0180. The van der Waals surface area contributed by atoms with Gasteiger partial charge in [-0.05, 0) is 48.0 Å². The summed E-state index contributed by atoms with van der Waals surface area (Å²) < 4.78 is 60.6. The first-order chi connectivity index (χ1) is 18.6. The topological polar surface area (TPSA) is 127 Å². The van der Waals surface area contributed by atoms with E-state index in [2.05, 4.69) is 10.6 Å². The van der Waals surface area contributed by atoms with E-state index in [9.17, 15) is 31.9 Å². The van der Waals surface area contributed by atoms with E-state index in [4.69, 9.17) is 4.74 Å². The standard InChI is InChI=1S/C27H21F2N3O6S/c1-30-24(33)13-38-18-7-8-20-23(11-18)39(36,37)14-21(31-20)25-26(34)19-10-17(29)6-9-22(19)32(27(25)35)12-15-2-4-16(28)5-3-15/h2-11,14,31,34H,12-13H2,1H3,(H,30,33). The van der Waals surface area contributed by atoms with Gasteiger partial charge in [-0.1, -0.05) is 12.1 Å². The van der Waals surface area contributed by atoms with Gasteiger partial charge < -0.3 is 25.0 Å². The summed E-state index contributed by atoms with van der Waals surface area (Å²) in [4.78, 5) is 25.0. The molecule has 0 radical (unpaired) electrons. The first-order valence-corrected chi connectivity index (χ1v) is 13.1.